The number of esters is 1. The maximum absolute atomic E-state index is 14.9. The van der Waals surface area contributed by atoms with E-state index in [1.807, 2.05) is 4.74 Å². The van der Waals surface area contributed by atoms with E-state index in [2.05, 4.69) is 6.58 Å². The van der Waals surface area contributed by atoms with Gasteiger partial charge < -0.3 is 4.74 Å². The maximum atomic E-state index is 14.9. The van der Waals surface area contributed by atoms with Gasteiger partial charge in [-0.3, -0.25) is 0 Å². The molecule has 2 nitrogen and oxygen atoms in total. The Labute approximate surface area is 217 Å². The molecule has 0 saturated carbocycles. The van der Waals surface area contributed by atoms with Gasteiger partial charge in [-0.25, -0.2) is 9.18 Å². The number of hydrogen-bond acceptors (Lipinski definition) is 2. The summed E-state index contributed by atoms with van der Waals surface area (Å²) in [6, 6.07) is 0. The van der Waals surface area contributed by atoms with Crippen molar-refractivity contribution in [3.05, 3.63) is 12.2 Å². The van der Waals surface area contributed by atoms with Crippen LogP contribution >= 0.6 is 0 Å². The van der Waals surface area contributed by atoms with Crippen LogP contribution in [0.2, 0.25) is 0 Å². The third-order valence-corrected chi connectivity index (χ3v) is 4.93. The van der Waals surface area contributed by atoms with Crippen molar-refractivity contribution in [3.63, 3.8) is 0 Å². The molecule has 0 aliphatic heterocycles. The van der Waals surface area contributed by atoms with Gasteiger partial charge in [-0.15, -0.1) is 0 Å². The maximum Gasteiger partial charge on any atom is 0.460 e. The third kappa shape index (κ3) is 4.98. The van der Waals surface area contributed by atoms with Crippen molar-refractivity contribution in [2.75, 3.05) is 0 Å². The SMILES string of the molecule is C=C(C)C(=O)OC(F)(C(F)(F)C(F)(F)C(F)(F)C(F)(F)C(F)(F)C(F)(F)C(F)(F)F)C(F)(F)C(F)(C(F)(F)F)C(F)(F)F. The lowest BCUT2D eigenvalue weighted by Crippen LogP contribution is -2.81. The van der Waals surface area contributed by atoms with Gasteiger partial charge in [0, 0.05) is 5.57 Å². The molecule has 27 heteroatoms. The smallest absolute Gasteiger partial charge is 0.413 e. The Hall–Kier alpha value is -2.54. The number of carbonyl (C=O) groups is 1. The summed E-state index contributed by atoms with van der Waals surface area (Å²) in [6.07, 6.45) is -25.5. The molecule has 43 heavy (non-hydrogen) atoms. The molecule has 0 aliphatic rings. The van der Waals surface area contributed by atoms with Crippen LogP contribution in [-0.4, -0.2) is 77.5 Å². The highest BCUT2D eigenvalue weighted by molar-refractivity contribution is 5.87. The van der Waals surface area contributed by atoms with Gasteiger partial charge in [0.1, 0.15) is 0 Å². The fraction of sp³-hybridized carbons (Fsp3) is 0.812. The number of ether oxygens (including phenoxy) is 1. The molecule has 0 saturated heterocycles. The van der Waals surface area contributed by atoms with Crippen LogP contribution in [0.1, 0.15) is 6.92 Å². The molecular formula is C16H5F25O2. The topological polar surface area (TPSA) is 26.3 Å². The van der Waals surface area contributed by atoms with Gasteiger partial charge in [-0.2, -0.15) is 105 Å². The fourth-order valence-electron chi connectivity index (χ4n) is 2.45. The molecule has 1 unspecified atom stereocenters. The van der Waals surface area contributed by atoms with Gasteiger partial charge >= 0.3 is 77.5 Å². The van der Waals surface area contributed by atoms with Gasteiger partial charge in [-0.1, -0.05) is 6.58 Å². The molecule has 0 fully saturated rings. The summed E-state index contributed by atoms with van der Waals surface area (Å²) >= 11 is 0. The van der Waals surface area contributed by atoms with E-state index >= 15 is 0 Å². The van der Waals surface area contributed by atoms with Crippen molar-refractivity contribution in [2.45, 2.75) is 78.4 Å². The monoisotopic (exact) mass is 704 g/mol. The Kier molecular flexibility index (Phi) is 9.39. The van der Waals surface area contributed by atoms with Crippen LogP contribution in [0.4, 0.5) is 110 Å². The molecule has 0 rings (SSSR count). The zero-order chi connectivity index (χ0) is 35.9. The number of carbonyl (C=O) groups excluding carboxylic acids is 1. The Morgan fingerprint density at radius 2 is 0.674 bits per heavy atom. The minimum Gasteiger partial charge on any atom is -0.413 e. The first-order valence-corrected chi connectivity index (χ1v) is 9.19. The molecule has 0 amide bonds. The molecule has 256 valence electrons. The van der Waals surface area contributed by atoms with Crippen LogP contribution in [0.5, 0.6) is 0 Å². The van der Waals surface area contributed by atoms with Crippen molar-refractivity contribution >= 4 is 5.97 Å². The lowest BCUT2D eigenvalue weighted by molar-refractivity contribution is -0.495. The first-order valence-electron chi connectivity index (χ1n) is 9.19. The standard InChI is InChI=1S/C16H5F25O2/c1-3(2)4(42)43-13(32,6(18,19)5(17,14(33,34)35)15(36,37)38)11(28,29)9(24,25)7(20,21)8(22,23)10(26,27)12(30,31)16(39,40)41/h1H2,2H3. The highest BCUT2D eigenvalue weighted by Crippen LogP contribution is 2.68. The summed E-state index contributed by atoms with van der Waals surface area (Å²) in [7, 11) is 0. The van der Waals surface area contributed by atoms with Crippen LogP contribution < -0.4 is 0 Å². The van der Waals surface area contributed by atoms with Gasteiger partial charge in [0.2, 0.25) is 0 Å². The van der Waals surface area contributed by atoms with Crippen LogP contribution in [-0.2, 0) is 9.53 Å². The molecule has 0 bridgehead atoms. The molecule has 0 aromatic rings. The van der Waals surface area contributed by atoms with Gasteiger partial charge in [0.05, 0.1) is 0 Å². The van der Waals surface area contributed by atoms with Crippen molar-refractivity contribution < 1.29 is 119 Å². The quantitative estimate of drug-likeness (QED) is 0.129. The Morgan fingerprint density at radius 1 is 0.419 bits per heavy atom. The van der Waals surface area contributed by atoms with E-state index in [4.69, 9.17) is 0 Å². The van der Waals surface area contributed by atoms with E-state index in [9.17, 15) is 115 Å². The summed E-state index contributed by atoms with van der Waals surface area (Å²) in [6.45, 7) is 1.91. The summed E-state index contributed by atoms with van der Waals surface area (Å²) in [5.41, 5.74) is -11.2. The molecule has 0 aromatic carbocycles. The second kappa shape index (κ2) is 9.98. The second-order valence-corrected chi connectivity index (χ2v) is 7.94. The van der Waals surface area contributed by atoms with Gasteiger partial charge in [0.25, 0.3) is 0 Å². The summed E-state index contributed by atoms with van der Waals surface area (Å²) in [5, 5.41) is 0. The highest BCUT2D eigenvalue weighted by atomic mass is 19.4. The van der Waals surface area contributed by atoms with Gasteiger partial charge in [0.15, 0.2) is 0 Å². The lowest BCUT2D eigenvalue weighted by atomic mass is 9.81. The Morgan fingerprint density at radius 3 is 0.907 bits per heavy atom. The van der Waals surface area contributed by atoms with Crippen LogP contribution in [0.3, 0.4) is 0 Å². The van der Waals surface area contributed by atoms with E-state index in [-0.39, 0.29) is 6.92 Å². The minimum absolute atomic E-state index is 0.171. The fourth-order valence-corrected chi connectivity index (χ4v) is 2.45. The average molecular weight is 704 g/mol. The lowest BCUT2D eigenvalue weighted by Gasteiger charge is -2.48. The van der Waals surface area contributed by atoms with Crippen molar-refractivity contribution in [1.29, 1.82) is 0 Å². The van der Waals surface area contributed by atoms with E-state index in [0.29, 0.717) is 0 Å². The first-order chi connectivity index (χ1) is 18.1. The number of alkyl halides is 25. The van der Waals surface area contributed by atoms with E-state index < -0.39 is 83.1 Å². The van der Waals surface area contributed by atoms with Crippen molar-refractivity contribution in [1.82, 2.24) is 0 Å². The summed E-state index contributed by atoms with van der Waals surface area (Å²) in [5.74, 6) is -78.2. The number of halogens is 25. The molecule has 0 heterocycles. The van der Waals surface area contributed by atoms with E-state index in [0.717, 1.165) is 0 Å². The predicted octanol–water partition coefficient (Wildman–Crippen LogP) is 8.61. The molecule has 0 spiro atoms. The summed E-state index contributed by atoms with van der Waals surface area (Å²) in [4.78, 5) is 11.2. The van der Waals surface area contributed by atoms with Crippen LogP contribution in [0.15, 0.2) is 12.2 Å². The molecule has 0 aliphatic carbocycles. The molecule has 1 atom stereocenters. The largest absolute Gasteiger partial charge is 0.460 e. The predicted molar refractivity (Wildman–Crippen MR) is 81.4 cm³/mol. The molecule has 0 N–H and O–H groups in total. The average Bonchev–Trinajstić information content (AvgIpc) is 2.74. The minimum atomic E-state index is -9.65. The van der Waals surface area contributed by atoms with Gasteiger partial charge in [-0.05, 0) is 6.92 Å². The Balaban J connectivity index is 8.10. The molecular weight excluding hydrogens is 699 g/mol. The molecule has 0 radical (unpaired) electrons. The first kappa shape index (κ1) is 40.5. The Bertz CT molecular complexity index is 1060. The zero-order valence-electron chi connectivity index (χ0n) is 19.0. The van der Waals surface area contributed by atoms with Crippen LogP contribution in [0.25, 0.3) is 0 Å². The normalized spacial score (nSPS) is 17.4. The third-order valence-electron chi connectivity index (χ3n) is 4.93. The zero-order valence-corrected chi connectivity index (χ0v) is 19.0. The molecule has 0 aromatic heterocycles. The second-order valence-electron chi connectivity index (χ2n) is 7.94. The van der Waals surface area contributed by atoms with Crippen molar-refractivity contribution in [2.24, 2.45) is 0 Å². The summed E-state index contributed by atoms with van der Waals surface area (Å²) < 4.78 is 336. The number of rotatable bonds is 10. The van der Waals surface area contributed by atoms with E-state index in [1.165, 1.54) is 0 Å². The number of hydrogen-bond donors (Lipinski definition) is 0. The van der Waals surface area contributed by atoms with Crippen molar-refractivity contribution in [3.8, 4) is 0 Å². The van der Waals surface area contributed by atoms with E-state index in [1.54, 1.807) is 0 Å². The highest BCUT2D eigenvalue weighted by Gasteiger charge is 3.01. The van der Waals surface area contributed by atoms with Crippen LogP contribution in [0, 0.1) is 0 Å².